The maximum Gasteiger partial charge on any atom is 0.225 e. The quantitative estimate of drug-likeness (QED) is 0.836. The first-order valence-electron chi connectivity index (χ1n) is 6.06. The normalized spacial score (nSPS) is 16.1. The average molecular weight is 220 g/mol. The summed E-state index contributed by atoms with van der Waals surface area (Å²) in [6.07, 6.45) is 4.38. The van der Waals surface area contributed by atoms with Crippen LogP contribution >= 0.6 is 0 Å². The monoisotopic (exact) mass is 220 g/mol. The molecule has 4 heteroatoms. The number of anilines is 1. The minimum absolute atomic E-state index is 0.491. The Bertz CT molecular complexity index is 332. The van der Waals surface area contributed by atoms with Crippen LogP contribution in [-0.4, -0.2) is 29.1 Å². The zero-order chi connectivity index (χ0) is 11.4. The van der Waals surface area contributed by atoms with Crippen molar-refractivity contribution in [3.63, 3.8) is 0 Å². The van der Waals surface area contributed by atoms with E-state index < -0.39 is 0 Å². The SMILES string of the molecule is CC(C)NCc1ccnc(N2CCCC2)n1. The molecular formula is C12H20N4. The Hall–Kier alpha value is -1.16. The fraction of sp³-hybridized carbons (Fsp3) is 0.667. The molecule has 0 atom stereocenters. The predicted octanol–water partition coefficient (Wildman–Crippen LogP) is 1.57. The third kappa shape index (κ3) is 2.92. The van der Waals surface area contributed by atoms with E-state index in [-0.39, 0.29) is 0 Å². The molecule has 1 aromatic heterocycles. The molecule has 1 N–H and O–H groups in total. The summed E-state index contributed by atoms with van der Waals surface area (Å²) in [5.74, 6) is 0.889. The van der Waals surface area contributed by atoms with Gasteiger partial charge in [0, 0.05) is 31.9 Å². The van der Waals surface area contributed by atoms with E-state index in [2.05, 4.69) is 34.0 Å². The largest absolute Gasteiger partial charge is 0.341 e. The lowest BCUT2D eigenvalue weighted by molar-refractivity contribution is 0.580. The van der Waals surface area contributed by atoms with Crippen molar-refractivity contribution in [3.8, 4) is 0 Å². The highest BCUT2D eigenvalue weighted by Gasteiger charge is 2.14. The van der Waals surface area contributed by atoms with Crippen LogP contribution in [0.3, 0.4) is 0 Å². The number of nitrogens with zero attached hydrogens (tertiary/aromatic N) is 3. The molecule has 1 aromatic rings. The van der Waals surface area contributed by atoms with Crippen LogP contribution in [0.5, 0.6) is 0 Å². The second-order valence-corrected chi connectivity index (χ2v) is 4.58. The molecule has 88 valence electrons. The molecule has 0 bridgehead atoms. The zero-order valence-corrected chi connectivity index (χ0v) is 10.1. The highest BCUT2D eigenvalue weighted by atomic mass is 15.3. The molecule has 4 nitrogen and oxygen atoms in total. The van der Waals surface area contributed by atoms with Gasteiger partial charge in [-0.25, -0.2) is 9.97 Å². The van der Waals surface area contributed by atoms with Crippen LogP contribution < -0.4 is 10.2 Å². The lowest BCUT2D eigenvalue weighted by Gasteiger charge is -2.15. The Kier molecular flexibility index (Phi) is 3.72. The second-order valence-electron chi connectivity index (χ2n) is 4.58. The predicted molar refractivity (Wildman–Crippen MR) is 65.5 cm³/mol. The number of nitrogens with one attached hydrogen (secondary N) is 1. The van der Waals surface area contributed by atoms with Crippen LogP contribution in [0.2, 0.25) is 0 Å². The van der Waals surface area contributed by atoms with Gasteiger partial charge in [-0.2, -0.15) is 0 Å². The first kappa shape index (κ1) is 11.3. The standard InChI is InChI=1S/C12H20N4/c1-10(2)14-9-11-5-6-13-12(15-11)16-7-3-4-8-16/h5-6,10,14H,3-4,7-9H2,1-2H3. The first-order valence-corrected chi connectivity index (χ1v) is 6.06. The van der Waals surface area contributed by atoms with Gasteiger partial charge < -0.3 is 10.2 Å². The molecule has 0 spiro atoms. The molecule has 0 saturated carbocycles. The number of hydrogen-bond donors (Lipinski definition) is 1. The highest BCUT2D eigenvalue weighted by molar-refractivity contribution is 5.31. The molecule has 2 rings (SSSR count). The Balaban J connectivity index is 2.01. The van der Waals surface area contributed by atoms with Gasteiger partial charge >= 0.3 is 0 Å². The molecule has 0 radical (unpaired) electrons. The van der Waals surface area contributed by atoms with Crippen molar-refractivity contribution in [1.82, 2.24) is 15.3 Å². The van der Waals surface area contributed by atoms with E-state index in [1.54, 1.807) is 0 Å². The van der Waals surface area contributed by atoms with Gasteiger partial charge in [-0.3, -0.25) is 0 Å². The van der Waals surface area contributed by atoms with E-state index in [1.165, 1.54) is 12.8 Å². The van der Waals surface area contributed by atoms with Crippen molar-refractivity contribution in [3.05, 3.63) is 18.0 Å². The molecule has 1 fully saturated rings. The van der Waals surface area contributed by atoms with E-state index in [1.807, 2.05) is 12.3 Å². The summed E-state index contributed by atoms with van der Waals surface area (Å²) in [5, 5.41) is 3.37. The minimum Gasteiger partial charge on any atom is -0.341 e. The summed E-state index contributed by atoms with van der Waals surface area (Å²) in [7, 11) is 0. The first-order chi connectivity index (χ1) is 7.75. The molecule has 16 heavy (non-hydrogen) atoms. The highest BCUT2D eigenvalue weighted by Crippen LogP contribution is 2.15. The molecular weight excluding hydrogens is 200 g/mol. The van der Waals surface area contributed by atoms with Gasteiger partial charge in [0.1, 0.15) is 0 Å². The molecule has 1 aliphatic heterocycles. The van der Waals surface area contributed by atoms with E-state index in [0.29, 0.717) is 6.04 Å². The lowest BCUT2D eigenvalue weighted by atomic mass is 10.3. The molecule has 2 heterocycles. The van der Waals surface area contributed by atoms with Crippen molar-refractivity contribution >= 4 is 5.95 Å². The Morgan fingerprint density at radius 1 is 1.38 bits per heavy atom. The Morgan fingerprint density at radius 2 is 2.12 bits per heavy atom. The van der Waals surface area contributed by atoms with Gasteiger partial charge in [0.15, 0.2) is 0 Å². The van der Waals surface area contributed by atoms with Crippen molar-refractivity contribution in [2.45, 2.75) is 39.3 Å². The number of rotatable bonds is 4. The average Bonchev–Trinajstić information content (AvgIpc) is 2.80. The maximum absolute atomic E-state index is 4.58. The topological polar surface area (TPSA) is 41.1 Å². The van der Waals surface area contributed by atoms with Gasteiger partial charge in [0.05, 0.1) is 5.69 Å². The van der Waals surface area contributed by atoms with E-state index in [4.69, 9.17) is 0 Å². The van der Waals surface area contributed by atoms with E-state index in [9.17, 15) is 0 Å². The Morgan fingerprint density at radius 3 is 2.81 bits per heavy atom. The second kappa shape index (κ2) is 5.25. The number of hydrogen-bond acceptors (Lipinski definition) is 4. The molecule has 0 aliphatic carbocycles. The van der Waals surface area contributed by atoms with Crippen LogP contribution in [0, 0.1) is 0 Å². The molecule has 1 aliphatic rings. The smallest absolute Gasteiger partial charge is 0.225 e. The van der Waals surface area contributed by atoms with Crippen molar-refractivity contribution in [2.75, 3.05) is 18.0 Å². The molecule has 1 saturated heterocycles. The van der Waals surface area contributed by atoms with Crippen molar-refractivity contribution in [1.29, 1.82) is 0 Å². The van der Waals surface area contributed by atoms with Gasteiger partial charge in [0.25, 0.3) is 0 Å². The maximum atomic E-state index is 4.58. The summed E-state index contributed by atoms with van der Waals surface area (Å²) in [6, 6.07) is 2.47. The van der Waals surface area contributed by atoms with Gasteiger partial charge in [-0.05, 0) is 18.9 Å². The van der Waals surface area contributed by atoms with Gasteiger partial charge in [-0.1, -0.05) is 13.8 Å². The van der Waals surface area contributed by atoms with Crippen molar-refractivity contribution < 1.29 is 0 Å². The fourth-order valence-electron chi connectivity index (χ4n) is 1.86. The van der Waals surface area contributed by atoms with Crippen molar-refractivity contribution in [2.24, 2.45) is 0 Å². The molecule has 0 aromatic carbocycles. The van der Waals surface area contributed by atoms with Crippen LogP contribution in [0.15, 0.2) is 12.3 Å². The van der Waals surface area contributed by atoms with Gasteiger partial charge in [0.2, 0.25) is 5.95 Å². The summed E-state index contributed by atoms with van der Waals surface area (Å²) in [4.78, 5) is 11.2. The van der Waals surface area contributed by atoms with Crippen LogP contribution in [0.25, 0.3) is 0 Å². The summed E-state index contributed by atoms with van der Waals surface area (Å²) in [5.41, 5.74) is 1.07. The summed E-state index contributed by atoms with van der Waals surface area (Å²) < 4.78 is 0. The lowest BCUT2D eigenvalue weighted by Crippen LogP contribution is -2.24. The fourth-order valence-corrected chi connectivity index (χ4v) is 1.86. The Labute approximate surface area is 97.1 Å². The zero-order valence-electron chi connectivity index (χ0n) is 10.1. The molecule has 0 unspecified atom stereocenters. The summed E-state index contributed by atoms with van der Waals surface area (Å²) in [6.45, 7) is 7.30. The number of aromatic nitrogens is 2. The molecule has 0 amide bonds. The minimum atomic E-state index is 0.491. The van der Waals surface area contributed by atoms with E-state index >= 15 is 0 Å². The van der Waals surface area contributed by atoms with E-state index in [0.717, 1.165) is 31.3 Å². The third-order valence-electron chi connectivity index (χ3n) is 2.78. The summed E-state index contributed by atoms with van der Waals surface area (Å²) >= 11 is 0. The van der Waals surface area contributed by atoms with Gasteiger partial charge in [-0.15, -0.1) is 0 Å². The van der Waals surface area contributed by atoms with Crippen LogP contribution in [-0.2, 0) is 6.54 Å². The third-order valence-corrected chi connectivity index (χ3v) is 2.78. The van der Waals surface area contributed by atoms with Crippen LogP contribution in [0.1, 0.15) is 32.4 Å². The van der Waals surface area contributed by atoms with Crippen LogP contribution in [0.4, 0.5) is 5.95 Å².